The highest BCUT2D eigenvalue weighted by Gasteiger charge is 2.19. The molecule has 0 aliphatic carbocycles. The van der Waals surface area contributed by atoms with Crippen molar-refractivity contribution in [3.05, 3.63) is 53.1 Å². The number of ether oxygens (including phenoxy) is 2. The third-order valence-electron chi connectivity index (χ3n) is 3.67. The first-order valence-electron chi connectivity index (χ1n) is 9.26. The Bertz CT molecular complexity index is 970. The molecule has 9 heteroatoms. The molecular weight excluding hydrogens is 393 g/mol. The SMILES string of the molecule is CCOC(=O)c1ccc(C(=O)Nc2ccc(F)c(NC(=O)OC(C)(C)C)c2)nc1C. The summed E-state index contributed by atoms with van der Waals surface area (Å²) in [5.74, 6) is -1.78. The quantitative estimate of drug-likeness (QED) is 0.703. The van der Waals surface area contributed by atoms with Crippen molar-refractivity contribution in [2.45, 2.75) is 40.2 Å². The predicted molar refractivity (Wildman–Crippen MR) is 109 cm³/mol. The number of carbonyl (C=O) groups is 3. The highest BCUT2D eigenvalue weighted by molar-refractivity contribution is 6.04. The molecule has 0 saturated carbocycles. The summed E-state index contributed by atoms with van der Waals surface area (Å²) in [6, 6.07) is 6.54. The molecule has 0 atom stereocenters. The van der Waals surface area contributed by atoms with Crippen molar-refractivity contribution >= 4 is 29.3 Å². The molecule has 8 nitrogen and oxygen atoms in total. The van der Waals surface area contributed by atoms with Gasteiger partial charge in [0.15, 0.2) is 0 Å². The van der Waals surface area contributed by atoms with Gasteiger partial charge in [-0.25, -0.2) is 19.0 Å². The smallest absolute Gasteiger partial charge is 0.412 e. The first-order chi connectivity index (χ1) is 14.0. The lowest BCUT2D eigenvalue weighted by Crippen LogP contribution is -2.27. The van der Waals surface area contributed by atoms with Gasteiger partial charge in [0.25, 0.3) is 5.91 Å². The van der Waals surface area contributed by atoms with Crippen LogP contribution in [0, 0.1) is 12.7 Å². The van der Waals surface area contributed by atoms with Crippen LogP contribution in [0.3, 0.4) is 0 Å². The maximum Gasteiger partial charge on any atom is 0.412 e. The van der Waals surface area contributed by atoms with Gasteiger partial charge in [-0.2, -0.15) is 0 Å². The zero-order chi connectivity index (χ0) is 22.5. The Morgan fingerprint density at radius 2 is 1.80 bits per heavy atom. The van der Waals surface area contributed by atoms with E-state index in [1.165, 1.54) is 24.3 Å². The molecule has 160 valence electrons. The molecule has 0 saturated heterocycles. The average molecular weight is 417 g/mol. The lowest BCUT2D eigenvalue weighted by atomic mass is 10.2. The van der Waals surface area contributed by atoms with Crippen LogP contribution in [-0.4, -0.2) is 35.2 Å². The van der Waals surface area contributed by atoms with Gasteiger partial charge in [0.1, 0.15) is 17.1 Å². The second-order valence-electron chi connectivity index (χ2n) is 7.33. The number of carbonyl (C=O) groups excluding carboxylic acids is 3. The van der Waals surface area contributed by atoms with E-state index >= 15 is 0 Å². The molecule has 2 rings (SSSR count). The first-order valence-corrected chi connectivity index (χ1v) is 9.26. The molecule has 1 heterocycles. The molecule has 30 heavy (non-hydrogen) atoms. The normalized spacial score (nSPS) is 10.9. The van der Waals surface area contributed by atoms with Crippen LogP contribution < -0.4 is 10.6 Å². The third-order valence-corrected chi connectivity index (χ3v) is 3.67. The summed E-state index contributed by atoms with van der Waals surface area (Å²) >= 11 is 0. The van der Waals surface area contributed by atoms with Crippen LogP contribution >= 0.6 is 0 Å². The summed E-state index contributed by atoms with van der Waals surface area (Å²) in [5, 5.41) is 4.88. The van der Waals surface area contributed by atoms with E-state index in [0.29, 0.717) is 5.69 Å². The molecule has 0 radical (unpaired) electrons. The van der Waals surface area contributed by atoms with E-state index in [1.807, 2.05) is 0 Å². The number of pyridine rings is 1. The summed E-state index contributed by atoms with van der Waals surface area (Å²) < 4.78 is 24.0. The largest absolute Gasteiger partial charge is 0.462 e. The van der Waals surface area contributed by atoms with Crippen LogP contribution in [0.1, 0.15) is 54.2 Å². The van der Waals surface area contributed by atoms with Crippen LogP contribution in [0.15, 0.2) is 30.3 Å². The van der Waals surface area contributed by atoms with Gasteiger partial charge < -0.3 is 14.8 Å². The number of hydrogen-bond donors (Lipinski definition) is 2. The number of esters is 1. The number of aromatic nitrogens is 1. The minimum absolute atomic E-state index is 0.0616. The molecule has 1 aromatic heterocycles. The summed E-state index contributed by atoms with van der Waals surface area (Å²) in [6.07, 6.45) is -0.822. The molecule has 2 aromatic rings. The van der Waals surface area contributed by atoms with Crippen LogP contribution in [0.2, 0.25) is 0 Å². The van der Waals surface area contributed by atoms with Crippen molar-refractivity contribution in [1.29, 1.82) is 0 Å². The van der Waals surface area contributed by atoms with E-state index in [4.69, 9.17) is 9.47 Å². The molecule has 2 N–H and O–H groups in total. The number of hydrogen-bond acceptors (Lipinski definition) is 6. The third kappa shape index (κ3) is 6.26. The van der Waals surface area contributed by atoms with E-state index < -0.39 is 29.4 Å². The van der Waals surface area contributed by atoms with Gasteiger partial charge in [-0.05, 0) is 65.0 Å². The van der Waals surface area contributed by atoms with Crippen molar-refractivity contribution in [3.63, 3.8) is 0 Å². The van der Waals surface area contributed by atoms with Gasteiger partial charge in [0.05, 0.1) is 23.6 Å². The van der Waals surface area contributed by atoms with Crippen LogP contribution in [0.25, 0.3) is 0 Å². The fraction of sp³-hybridized carbons (Fsp3) is 0.333. The number of halogens is 1. The summed E-state index contributed by atoms with van der Waals surface area (Å²) in [7, 11) is 0. The number of aryl methyl sites for hydroxylation is 1. The van der Waals surface area contributed by atoms with Crippen LogP contribution in [0.5, 0.6) is 0 Å². The van der Waals surface area contributed by atoms with E-state index in [1.54, 1.807) is 34.6 Å². The van der Waals surface area contributed by atoms with Gasteiger partial charge in [0.2, 0.25) is 0 Å². The Labute approximate surface area is 173 Å². The number of nitrogens with zero attached hydrogens (tertiary/aromatic N) is 1. The fourth-order valence-corrected chi connectivity index (χ4v) is 2.42. The van der Waals surface area contributed by atoms with E-state index in [9.17, 15) is 18.8 Å². The van der Waals surface area contributed by atoms with E-state index in [0.717, 1.165) is 6.07 Å². The Morgan fingerprint density at radius 3 is 2.40 bits per heavy atom. The van der Waals surface area contributed by atoms with Crippen molar-refractivity contribution in [3.8, 4) is 0 Å². The lowest BCUT2D eigenvalue weighted by Gasteiger charge is -2.20. The Balaban J connectivity index is 2.14. The standard InChI is InChI=1S/C21H24FN3O5/c1-6-29-19(27)14-8-10-16(23-12(14)2)18(26)24-13-7-9-15(22)17(11-13)25-20(28)30-21(3,4)5/h7-11H,6H2,1-5H3,(H,24,26)(H,25,28). The second-order valence-corrected chi connectivity index (χ2v) is 7.33. The van der Waals surface area contributed by atoms with Crippen LogP contribution in [-0.2, 0) is 9.47 Å². The molecule has 0 fully saturated rings. The minimum atomic E-state index is -0.822. The lowest BCUT2D eigenvalue weighted by molar-refractivity contribution is 0.0523. The van der Waals surface area contributed by atoms with Gasteiger partial charge in [-0.3, -0.25) is 10.1 Å². The van der Waals surface area contributed by atoms with Gasteiger partial charge >= 0.3 is 12.1 Å². The molecule has 0 spiro atoms. The second kappa shape index (κ2) is 9.34. The van der Waals surface area contributed by atoms with Crippen molar-refractivity contribution in [1.82, 2.24) is 4.98 Å². The summed E-state index contributed by atoms with van der Waals surface area (Å²) in [6.45, 7) is 8.55. The molecule has 0 unspecified atom stereocenters. The number of benzene rings is 1. The maximum atomic E-state index is 14.0. The molecule has 0 aliphatic heterocycles. The number of amides is 2. The fourth-order valence-electron chi connectivity index (χ4n) is 2.42. The molecule has 0 bridgehead atoms. The van der Waals surface area contributed by atoms with Crippen molar-refractivity contribution in [2.24, 2.45) is 0 Å². The topological polar surface area (TPSA) is 107 Å². The zero-order valence-electron chi connectivity index (χ0n) is 17.5. The molecule has 0 aliphatic rings. The predicted octanol–water partition coefficient (Wildman–Crippen LogP) is 4.31. The number of rotatable bonds is 5. The summed E-state index contributed by atoms with van der Waals surface area (Å²) in [5.41, 5.74) is 0.00861. The monoisotopic (exact) mass is 417 g/mol. The van der Waals surface area contributed by atoms with Gasteiger partial charge in [-0.15, -0.1) is 0 Å². The van der Waals surface area contributed by atoms with E-state index in [2.05, 4.69) is 15.6 Å². The number of anilines is 2. The Morgan fingerprint density at radius 1 is 1.10 bits per heavy atom. The minimum Gasteiger partial charge on any atom is -0.462 e. The molecular formula is C21H24FN3O5. The zero-order valence-corrected chi connectivity index (χ0v) is 17.5. The molecule has 2 amide bonds. The molecule has 1 aromatic carbocycles. The Kier molecular flexibility index (Phi) is 7.10. The highest BCUT2D eigenvalue weighted by atomic mass is 19.1. The van der Waals surface area contributed by atoms with Gasteiger partial charge in [-0.1, -0.05) is 0 Å². The van der Waals surface area contributed by atoms with Gasteiger partial charge in [0, 0.05) is 5.69 Å². The van der Waals surface area contributed by atoms with Crippen molar-refractivity contribution in [2.75, 3.05) is 17.2 Å². The van der Waals surface area contributed by atoms with Crippen LogP contribution in [0.4, 0.5) is 20.6 Å². The first kappa shape index (κ1) is 22.8. The maximum absolute atomic E-state index is 14.0. The van der Waals surface area contributed by atoms with Crippen molar-refractivity contribution < 1.29 is 28.2 Å². The average Bonchev–Trinajstić information content (AvgIpc) is 2.62. The Hall–Kier alpha value is -3.49. The number of nitrogens with one attached hydrogen (secondary N) is 2. The highest BCUT2D eigenvalue weighted by Crippen LogP contribution is 2.21. The summed E-state index contributed by atoms with van der Waals surface area (Å²) in [4.78, 5) is 40.3. The van der Waals surface area contributed by atoms with E-state index in [-0.39, 0.29) is 29.2 Å².